The lowest BCUT2D eigenvalue weighted by Crippen LogP contribution is -2.29. The van der Waals surface area contributed by atoms with E-state index in [1.807, 2.05) is 13.0 Å². The van der Waals surface area contributed by atoms with Gasteiger partial charge in [0, 0.05) is 25.1 Å². The van der Waals surface area contributed by atoms with Crippen LogP contribution in [0.3, 0.4) is 0 Å². The minimum Gasteiger partial charge on any atom is -0.494 e. The first-order chi connectivity index (χ1) is 19.1. The molecule has 0 aliphatic rings. The van der Waals surface area contributed by atoms with Gasteiger partial charge in [-0.2, -0.15) is 0 Å². The Morgan fingerprint density at radius 1 is 1.05 bits per heavy atom. The molecule has 0 amide bonds. The normalized spacial score (nSPS) is 12.9. The van der Waals surface area contributed by atoms with Crippen LogP contribution in [-0.4, -0.2) is 54.7 Å². The molecule has 4 aromatic rings. The zero-order chi connectivity index (χ0) is 29.0. The maximum absolute atomic E-state index is 13.8. The number of pyridine rings is 1. The van der Waals surface area contributed by atoms with Crippen LogP contribution < -0.4 is 9.47 Å². The van der Waals surface area contributed by atoms with Crippen molar-refractivity contribution in [2.75, 3.05) is 21.3 Å². The Hall–Kier alpha value is -4.34. The Bertz CT molecular complexity index is 1660. The molecule has 2 heterocycles. The first kappa shape index (κ1) is 28.7. The summed E-state index contributed by atoms with van der Waals surface area (Å²) in [4.78, 5) is 7.61. The van der Waals surface area contributed by atoms with Gasteiger partial charge in [-0.3, -0.25) is 9.55 Å². The second-order valence-electron chi connectivity index (χ2n) is 9.02. The Balaban J connectivity index is 1.86. The van der Waals surface area contributed by atoms with Gasteiger partial charge >= 0.3 is 0 Å². The molecule has 0 radical (unpaired) electrons. The molecule has 12 heteroatoms. The van der Waals surface area contributed by atoms with Crippen molar-refractivity contribution in [3.8, 4) is 28.6 Å². The number of aromatic nitrogens is 4. The summed E-state index contributed by atoms with van der Waals surface area (Å²) in [6.45, 7) is 10.8. The van der Waals surface area contributed by atoms with Crippen molar-refractivity contribution in [1.29, 1.82) is 0 Å². The van der Waals surface area contributed by atoms with E-state index in [2.05, 4.69) is 20.0 Å². The summed E-state index contributed by atoms with van der Waals surface area (Å²) < 4.78 is 59.8. The lowest BCUT2D eigenvalue weighted by atomic mass is 10.0. The van der Waals surface area contributed by atoms with Crippen molar-refractivity contribution < 1.29 is 27.0 Å². The molecule has 0 saturated heterocycles. The predicted octanol–water partition coefficient (Wildman–Crippen LogP) is 5.04. The second kappa shape index (κ2) is 11.8. The third kappa shape index (κ3) is 5.52. The van der Waals surface area contributed by atoms with Gasteiger partial charge in [-0.1, -0.05) is 12.1 Å². The molecule has 40 heavy (non-hydrogen) atoms. The van der Waals surface area contributed by atoms with E-state index in [-0.39, 0.29) is 17.1 Å². The maximum atomic E-state index is 13.8. The summed E-state index contributed by atoms with van der Waals surface area (Å²) in [5.74, 6) is 0.137. The number of sulfone groups is 1. The van der Waals surface area contributed by atoms with Crippen LogP contribution in [0.5, 0.6) is 11.5 Å². The molecule has 0 unspecified atom stereocenters. The van der Waals surface area contributed by atoms with E-state index in [1.165, 1.54) is 40.4 Å². The van der Waals surface area contributed by atoms with Gasteiger partial charge in [-0.05, 0) is 55.3 Å². The first-order valence-electron chi connectivity index (χ1n) is 12.1. The highest BCUT2D eigenvalue weighted by atomic mass is 32.2. The number of hydrogen-bond acceptors (Lipinski definition) is 8. The molecular formula is C28H28FN5O5S. The Kier molecular flexibility index (Phi) is 8.46. The predicted molar refractivity (Wildman–Crippen MR) is 147 cm³/mol. The minimum absolute atomic E-state index is 0.0231. The molecule has 2 atom stereocenters. The number of nitrogens with zero attached hydrogens (tertiary/aromatic N) is 5. The van der Waals surface area contributed by atoms with Crippen molar-refractivity contribution in [2.24, 2.45) is 0 Å². The number of hydrogen-bond donors (Lipinski definition) is 0. The highest BCUT2D eigenvalue weighted by Crippen LogP contribution is 2.38. The number of aryl methyl sites for hydroxylation is 1. The molecule has 0 saturated carbocycles. The fourth-order valence-corrected chi connectivity index (χ4v) is 5.93. The van der Waals surface area contributed by atoms with Crippen molar-refractivity contribution >= 4 is 15.5 Å². The number of halogens is 1. The Morgan fingerprint density at radius 2 is 1.75 bits per heavy atom. The van der Waals surface area contributed by atoms with E-state index >= 15 is 0 Å². The monoisotopic (exact) mass is 565 g/mol. The van der Waals surface area contributed by atoms with Gasteiger partial charge < -0.3 is 14.2 Å². The van der Waals surface area contributed by atoms with Crippen LogP contribution in [0.1, 0.15) is 30.0 Å². The van der Waals surface area contributed by atoms with Gasteiger partial charge in [-0.25, -0.2) is 17.7 Å². The number of ether oxygens (including phenoxy) is 3. The molecule has 208 valence electrons. The van der Waals surface area contributed by atoms with E-state index in [0.29, 0.717) is 28.6 Å². The van der Waals surface area contributed by atoms with E-state index in [9.17, 15) is 12.8 Å². The number of rotatable bonds is 10. The van der Waals surface area contributed by atoms with E-state index in [4.69, 9.17) is 20.8 Å². The highest BCUT2D eigenvalue weighted by molar-refractivity contribution is 7.91. The van der Waals surface area contributed by atoms with Gasteiger partial charge in [-0.15, -0.1) is 10.2 Å². The fraction of sp³-hybridized carbons (Fsp3) is 0.286. The first-order valence-corrected chi connectivity index (χ1v) is 13.9. The lowest BCUT2D eigenvalue weighted by Gasteiger charge is -2.24. The van der Waals surface area contributed by atoms with Crippen LogP contribution in [0, 0.1) is 19.3 Å². The quantitative estimate of drug-likeness (QED) is 0.246. The van der Waals surface area contributed by atoms with E-state index < -0.39 is 32.8 Å². The number of benzene rings is 2. The molecule has 4 rings (SSSR count). The fourth-order valence-electron chi connectivity index (χ4n) is 4.49. The number of methoxy groups -OCH3 is 3. The van der Waals surface area contributed by atoms with Crippen LogP contribution in [-0.2, 0) is 20.3 Å². The van der Waals surface area contributed by atoms with E-state index in [1.54, 1.807) is 35.2 Å². The van der Waals surface area contributed by atoms with Crippen LogP contribution in [0.2, 0.25) is 0 Å². The average molecular weight is 566 g/mol. The molecule has 2 aromatic carbocycles. The van der Waals surface area contributed by atoms with Gasteiger partial charge in [0.15, 0.2) is 27.2 Å². The maximum Gasteiger partial charge on any atom is 0.195 e. The molecule has 2 aromatic heterocycles. The Morgan fingerprint density at radius 3 is 2.35 bits per heavy atom. The standard InChI is InChI=1S/C28H28FN5O5S/c1-17-12-19(15-31-14-17)28-33-32-25(34(28)26-23(37-4)8-7-9-24(26)38-5)16-40(35,36)18(2)27(39-6)21-11-10-20(29)13-22(21)30-3/h7-15,18,27H,16H2,1-2,4-6H3/t18-,27-/m0/s1. The summed E-state index contributed by atoms with van der Waals surface area (Å²) in [7, 11) is 0.341. The summed E-state index contributed by atoms with van der Waals surface area (Å²) in [5.41, 5.74) is 2.16. The van der Waals surface area contributed by atoms with Gasteiger partial charge in [0.2, 0.25) is 0 Å². The summed E-state index contributed by atoms with van der Waals surface area (Å²) in [6, 6.07) is 10.6. The Labute approximate surface area is 232 Å². The van der Waals surface area contributed by atoms with Crippen molar-refractivity contribution in [1.82, 2.24) is 19.7 Å². The smallest absolute Gasteiger partial charge is 0.195 e. The van der Waals surface area contributed by atoms with Crippen LogP contribution in [0.15, 0.2) is 54.9 Å². The van der Waals surface area contributed by atoms with Crippen molar-refractivity contribution in [3.05, 3.63) is 89.0 Å². The third-order valence-corrected chi connectivity index (χ3v) is 8.53. The van der Waals surface area contributed by atoms with Crippen molar-refractivity contribution in [3.63, 3.8) is 0 Å². The second-order valence-corrected chi connectivity index (χ2v) is 11.4. The molecule has 0 N–H and O–H groups in total. The molecule has 0 fully saturated rings. The molecule has 0 bridgehead atoms. The van der Waals surface area contributed by atoms with Crippen LogP contribution in [0.4, 0.5) is 10.1 Å². The SMILES string of the molecule is [C-]#[N+]c1cc(F)ccc1[C@@H](OC)[C@H](C)S(=O)(=O)Cc1nnc(-c2cncc(C)c2)n1-c1c(OC)cccc1OC. The molecule has 0 aliphatic heterocycles. The van der Waals surface area contributed by atoms with Crippen LogP contribution in [0.25, 0.3) is 21.9 Å². The molecule has 10 nitrogen and oxygen atoms in total. The minimum atomic E-state index is -4.00. The van der Waals surface area contributed by atoms with Gasteiger partial charge in [0.25, 0.3) is 0 Å². The largest absolute Gasteiger partial charge is 0.494 e. The molecule has 0 spiro atoms. The van der Waals surface area contributed by atoms with E-state index in [0.717, 1.165) is 11.6 Å². The topological polar surface area (TPSA) is 110 Å². The van der Waals surface area contributed by atoms with Crippen LogP contribution >= 0.6 is 0 Å². The molecular weight excluding hydrogens is 537 g/mol. The summed E-state index contributed by atoms with van der Waals surface area (Å²) >= 11 is 0. The number of para-hydroxylation sites is 1. The zero-order valence-corrected chi connectivity index (χ0v) is 23.4. The summed E-state index contributed by atoms with van der Waals surface area (Å²) in [6.07, 6.45) is 2.27. The van der Waals surface area contributed by atoms with Gasteiger partial charge in [0.05, 0.1) is 32.1 Å². The van der Waals surface area contributed by atoms with Crippen molar-refractivity contribution in [2.45, 2.75) is 31.0 Å². The lowest BCUT2D eigenvalue weighted by molar-refractivity contribution is 0.103. The average Bonchev–Trinajstić information content (AvgIpc) is 3.35. The molecule has 0 aliphatic carbocycles. The van der Waals surface area contributed by atoms with Gasteiger partial charge in [0.1, 0.15) is 28.8 Å². The highest BCUT2D eigenvalue weighted by Gasteiger charge is 2.35. The third-order valence-electron chi connectivity index (χ3n) is 6.49. The summed E-state index contributed by atoms with van der Waals surface area (Å²) in [5, 5.41) is 7.49. The zero-order valence-electron chi connectivity index (χ0n) is 22.6.